The molecule has 2 rings (SSSR count). The SMILES string of the molecule is COCc1cccc(NCc2ccc(OC(F)F)cc2)c1. The van der Waals surface area contributed by atoms with Crippen LogP contribution in [0.5, 0.6) is 5.75 Å². The molecule has 0 atom stereocenters. The van der Waals surface area contributed by atoms with Gasteiger partial charge in [-0.15, -0.1) is 0 Å². The third-order valence-corrected chi connectivity index (χ3v) is 2.88. The van der Waals surface area contributed by atoms with E-state index in [1.54, 1.807) is 19.2 Å². The Morgan fingerprint density at radius 1 is 1.05 bits per heavy atom. The number of hydrogen-bond acceptors (Lipinski definition) is 3. The molecule has 1 N–H and O–H groups in total. The Kier molecular flexibility index (Phi) is 5.51. The van der Waals surface area contributed by atoms with Gasteiger partial charge in [-0.1, -0.05) is 24.3 Å². The summed E-state index contributed by atoms with van der Waals surface area (Å²) < 4.78 is 33.5. The van der Waals surface area contributed by atoms with Gasteiger partial charge in [0.1, 0.15) is 5.75 Å². The first kappa shape index (κ1) is 15.3. The van der Waals surface area contributed by atoms with Crippen LogP contribution in [0, 0.1) is 0 Å². The molecule has 0 radical (unpaired) electrons. The largest absolute Gasteiger partial charge is 0.435 e. The van der Waals surface area contributed by atoms with E-state index in [0.717, 1.165) is 16.8 Å². The van der Waals surface area contributed by atoms with Crippen molar-refractivity contribution >= 4 is 5.69 Å². The van der Waals surface area contributed by atoms with E-state index in [4.69, 9.17) is 4.74 Å². The summed E-state index contributed by atoms with van der Waals surface area (Å²) in [5.74, 6) is 0.163. The zero-order valence-electron chi connectivity index (χ0n) is 11.7. The van der Waals surface area contributed by atoms with Crippen molar-refractivity contribution in [1.29, 1.82) is 0 Å². The molecule has 0 saturated carbocycles. The predicted octanol–water partition coefficient (Wildman–Crippen LogP) is 4.05. The highest BCUT2D eigenvalue weighted by molar-refractivity contribution is 5.46. The van der Waals surface area contributed by atoms with E-state index in [0.29, 0.717) is 13.2 Å². The van der Waals surface area contributed by atoms with E-state index in [2.05, 4.69) is 10.1 Å². The van der Waals surface area contributed by atoms with E-state index < -0.39 is 6.61 Å². The summed E-state index contributed by atoms with van der Waals surface area (Å²) >= 11 is 0. The molecule has 0 amide bonds. The normalized spacial score (nSPS) is 10.7. The topological polar surface area (TPSA) is 30.5 Å². The van der Waals surface area contributed by atoms with Gasteiger partial charge in [-0.05, 0) is 35.4 Å². The van der Waals surface area contributed by atoms with E-state index in [9.17, 15) is 8.78 Å². The summed E-state index contributed by atoms with van der Waals surface area (Å²) in [7, 11) is 1.66. The lowest BCUT2D eigenvalue weighted by Crippen LogP contribution is -2.03. The second-order valence-corrected chi connectivity index (χ2v) is 4.51. The lowest BCUT2D eigenvalue weighted by atomic mass is 10.2. The molecular weight excluding hydrogens is 276 g/mol. The number of benzene rings is 2. The first-order chi connectivity index (χ1) is 10.2. The van der Waals surface area contributed by atoms with E-state index in [1.807, 2.05) is 24.3 Å². The molecule has 0 heterocycles. The van der Waals surface area contributed by atoms with Crippen LogP contribution >= 0.6 is 0 Å². The molecule has 5 heteroatoms. The Bertz CT molecular complexity index is 558. The van der Waals surface area contributed by atoms with Crippen LogP contribution in [0.1, 0.15) is 11.1 Å². The van der Waals surface area contributed by atoms with Gasteiger partial charge in [0.15, 0.2) is 0 Å². The molecule has 2 aromatic carbocycles. The summed E-state index contributed by atoms with van der Waals surface area (Å²) in [6.45, 7) is -1.63. The predicted molar refractivity (Wildman–Crippen MR) is 77.6 cm³/mol. The van der Waals surface area contributed by atoms with Crippen molar-refractivity contribution in [2.24, 2.45) is 0 Å². The van der Waals surface area contributed by atoms with Gasteiger partial charge >= 0.3 is 6.61 Å². The lowest BCUT2D eigenvalue weighted by Gasteiger charge is -2.09. The van der Waals surface area contributed by atoms with Crippen molar-refractivity contribution in [3.05, 3.63) is 59.7 Å². The Morgan fingerprint density at radius 2 is 1.81 bits per heavy atom. The molecule has 0 aliphatic rings. The molecule has 21 heavy (non-hydrogen) atoms. The van der Waals surface area contributed by atoms with Crippen LogP contribution in [-0.2, 0) is 17.9 Å². The minimum atomic E-state index is -2.79. The number of anilines is 1. The Morgan fingerprint density at radius 3 is 2.48 bits per heavy atom. The van der Waals surface area contributed by atoms with Gasteiger partial charge in [0.05, 0.1) is 6.61 Å². The van der Waals surface area contributed by atoms with Gasteiger partial charge in [-0.25, -0.2) is 0 Å². The van der Waals surface area contributed by atoms with E-state index in [-0.39, 0.29) is 5.75 Å². The fourth-order valence-corrected chi connectivity index (χ4v) is 1.93. The van der Waals surface area contributed by atoms with Crippen LogP contribution in [0.4, 0.5) is 14.5 Å². The van der Waals surface area contributed by atoms with E-state index >= 15 is 0 Å². The van der Waals surface area contributed by atoms with Crippen molar-refractivity contribution in [2.75, 3.05) is 12.4 Å². The van der Waals surface area contributed by atoms with Crippen LogP contribution in [0.15, 0.2) is 48.5 Å². The molecule has 0 saturated heterocycles. The highest BCUT2D eigenvalue weighted by Gasteiger charge is 2.03. The summed E-state index contributed by atoms with van der Waals surface area (Å²) in [5.41, 5.74) is 3.05. The highest BCUT2D eigenvalue weighted by Crippen LogP contribution is 2.17. The average molecular weight is 293 g/mol. The fraction of sp³-hybridized carbons (Fsp3) is 0.250. The minimum absolute atomic E-state index is 0.163. The number of halogens is 2. The third-order valence-electron chi connectivity index (χ3n) is 2.88. The van der Waals surface area contributed by atoms with Crippen LogP contribution in [-0.4, -0.2) is 13.7 Å². The number of ether oxygens (including phenoxy) is 2. The zero-order chi connectivity index (χ0) is 15.1. The summed E-state index contributed by atoms with van der Waals surface area (Å²) in [5, 5.41) is 3.28. The van der Waals surface area contributed by atoms with Gasteiger partial charge in [-0.3, -0.25) is 0 Å². The molecule has 3 nitrogen and oxygen atoms in total. The van der Waals surface area contributed by atoms with Crippen molar-refractivity contribution < 1.29 is 18.3 Å². The number of rotatable bonds is 7. The van der Waals surface area contributed by atoms with Gasteiger partial charge in [-0.2, -0.15) is 8.78 Å². The second-order valence-electron chi connectivity index (χ2n) is 4.51. The molecule has 0 bridgehead atoms. The summed E-state index contributed by atoms with van der Waals surface area (Å²) in [6.07, 6.45) is 0. The molecule has 0 fully saturated rings. The number of alkyl halides is 2. The van der Waals surface area contributed by atoms with E-state index in [1.165, 1.54) is 12.1 Å². The van der Waals surface area contributed by atoms with Crippen LogP contribution < -0.4 is 10.1 Å². The highest BCUT2D eigenvalue weighted by atomic mass is 19.3. The monoisotopic (exact) mass is 293 g/mol. The number of nitrogens with one attached hydrogen (secondary N) is 1. The van der Waals surface area contributed by atoms with Crippen LogP contribution in [0.25, 0.3) is 0 Å². The first-order valence-corrected chi connectivity index (χ1v) is 6.53. The van der Waals surface area contributed by atoms with Crippen LogP contribution in [0.3, 0.4) is 0 Å². The standard InChI is InChI=1S/C16H17F2NO2/c1-20-11-13-3-2-4-14(9-13)19-10-12-5-7-15(8-6-12)21-16(17)18/h2-9,16,19H,10-11H2,1H3. The average Bonchev–Trinajstić information content (AvgIpc) is 2.47. The maximum Gasteiger partial charge on any atom is 0.387 e. The summed E-state index contributed by atoms with van der Waals surface area (Å²) in [4.78, 5) is 0. The molecule has 2 aromatic rings. The Labute approximate surface area is 122 Å². The molecular formula is C16H17F2NO2. The number of hydrogen-bond donors (Lipinski definition) is 1. The Hall–Kier alpha value is -2.14. The van der Waals surface area contributed by atoms with Crippen molar-refractivity contribution in [1.82, 2.24) is 0 Å². The summed E-state index contributed by atoms with van der Waals surface area (Å²) in [6, 6.07) is 14.5. The molecule has 0 aromatic heterocycles. The molecule has 0 unspecified atom stereocenters. The molecule has 0 aliphatic carbocycles. The van der Waals surface area contributed by atoms with Crippen molar-refractivity contribution in [2.45, 2.75) is 19.8 Å². The van der Waals surface area contributed by atoms with Crippen LogP contribution in [0.2, 0.25) is 0 Å². The maximum atomic E-state index is 12.0. The van der Waals surface area contributed by atoms with Crippen molar-refractivity contribution in [3.63, 3.8) is 0 Å². The lowest BCUT2D eigenvalue weighted by molar-refractivity contribution is -0.0498. The van der Waals surface area contributed by atoms with Gasteiger partial charge in [0.2, 0.25) is 0 Å². The third kappa shape index (κ3) is 5.04. The molecule has 0 aliphatic heterocycles. The fourth-order valence-electron chi connectivity index (χ4n) is 1.93. The van der Waals surface area contributed by atoms with Gasteiger partial charge < -0.3 is 14.8 Å². The molecule has 112 valence electrons. The maximum absolute atomic E-state index is 12.0. The van der Waals surface area contributed by atoms with Gasteiger partial charge in [0.25, 0.3) is 0 Å². The van der Waals surface area contributed by atoms with Gasteiger partial charge in [0, 0.05) is 19.3 Å². The molecule has 0 spiro atoms. The Balaban J connectivity index is 1.91. The second kappa shape index (κ2) is 7.59. The quantitative estimate of drug-likeness (QED) is 0.835. The minimum Gasteiger partial charge on any atom is -0.435 e. The first-order valence-electron chi connectivity index (χ1n) is 6.53. The van der Waals surface area contributed by atoms with Crippen molar-refractivity contribution in [3.8, 4) is 5.75 Å². The smallest absolute Gasteiger partial charge is 0.387 e. The zero-order valence-corrected chi connectivity index (χ0v) is 11.7. The number of methoxy groups -OCH3 is 1.